The molecule has 7 aromatic carbocycles. The highest BCUT2D eigenvalue weighted by molar-refractivity contribution is 6.08. The lowest BCUT2D eigenvalue weighted by atomic mass is 9.77. The van der Waals surface area contributed by atoms with Crippen molar-refractivity contribution in [2.24, 2.45) is 10.8 Å². The number of esters is 2. The third-order valence-corrected chi connectivity index (χ3v) is 16.5. The fourth-order valence-corrected chi connectivity index (χ4v) is 11.4. The maximum atomic E-state index is 15.0. The van der Waals surface area contributed by atoms with Gasteiger partial charge in [-0.3, -0.25) is 29.0 Å². The van der Waals surface area contributed by atoms with Gasteiger partial charge in [-0.15, -0.1) is 0 Å². The smallest absolute Gasteiger partial charge is 0.322 e. The number of amides is 2. The van der Waals surface area contributed by atoms with Gasteiger partial charge in [0.15, 0.2) is 0 Å². The normalized spacial score (nSPS) is 14.5. The first-order chi connectivity index (χ1) is 44.3. The Morgan fingerprint density at radius 2 is 0.956 bits per heavy atom. The monoisotopic (exact) mass is 1220 g/mol. The SMILES string of the molecule is CCOC(=O)C1(C(=O)N(C)C)CCN(Cc2ccc(-c3noc(-c4ccc(-c5ccccc5)c(F)c4)n3)cc2)CC1.O=C(Nc1ccccn1)C1(C(=O)OCc2ccccc2)CCN(Cc2ccc(-c3noc(-c4ccc(-c5ccccc5)c(F)c4)n3)cc2)CC1. The number of carbonyl (C=O) groups excluding carboxylic acids is 4. The van der Waals surface area contributed by atoms with Gasteiger partial charge in [-0.2, -0.15) is 9.97 Å². The summed E-state index contributed by atoms with van der Waals surface area (Å²) in [5, 5.41) is 11.1. The highest BCUT2D eigenvalue weighted by Crippen LogP contribution is 2.38. The number of ether oxygens (including phenoxy) is 2. The Morgan fingerprint density at radius 1 is 0.516 bits per heavy atom. The summed E-state index contributed by atoms with van der Waals surface area (Å²) in [6.45, 7) is 5.65. The van der Waals surface area contributed by atoms with Crippen LogP contribution in [-0.2, 0) is 48.3 Å². The summed E-state index contributed by atoms with van der Waals surface area (Å²) in [6.07, 6.45) is 3.03. The second-order valence-electron chi connectivity index (χ2n) is 22.7. The molecule has 2 aliphatic rings. The molecule has 2 amide bonds. The van der Waals surface area contributed by atoms with Crippen molar-refractivity contribution < 1.29 is 46.5 Å². The molecular weight excluding hydrogens is 1160 g/mol. The van der Waals surface area contributed by atoms with Crippen molar-refractivity contribution in [3.05, 3.63) is 229 Å². The van der Waals surface area contributed by atoms with Crippen LogP contribution in [0.5, 0.6) is 0 Å². The molecule has 0 atom stereocenters. The number of hydrogen-bond donors (Lipinski definition) is 1. The van der Waals surface area contributed by atoms with Crippen molar-refractivity contribution in [2.45, 2.75) is 52.3 Å². The average Bonchev–Trinajstić information content (AvgIpc) is 1.66. The molecule has 1 N–H and O–H groups in total. The van der Waals surface area contributed by atoms with Crippen LogP contribution in [-0.4, -0.2) is 111 Å². The summed E-state index contributed by atoms with van der Waals surface area (Å²) in [6, 6.07) is 58.8. The lowest BCUT2D eigenvalue weighted by Gasteiger charge is -2.40. The van der Waals surface area contributed by atoms with Gasteiger partial charge in [0, 0.05) is 92.9 Å². The van der Waals surface area contributed by atoms with Crippen molar-refractivity contribution >= 4 is 29.6 Å². The largest absolute Gasteiger partial charge is 0.465 e. The molecular formula is C72H67F2N9O8. The van der Waals surface area contributed by atoms with E-state index in [0.29, 0.717) is 105 Å². The van der Waals surface area contributed by atoms with Crippen molar-refractivity contribution in [3.63, 3.8) is 0 Å². The third kappa shape index (κ3) is 14.5. The zero-order valence-corrected chi connectivity index (χ0v) is 50.6. The molecule has 5 heterocycles. The molecule has 0 radical (unpaired) electrons. The Balaban J connectivity index is 0.000000191. The number of rotatable bonds is 18. The number of benzene rings is 7. The molecule has 17 nitrogen and oxygen atoms in total. The van der Waals surface area contributed by atoms with E-state index < -0.39 is 28.7 Å². The lowest BCUT2D eigenvalue weighted by molar-refractivity contribution is -0.168. The molecule has 2 saturated heterocycles. The van der Waals surface area contributed by atoms with Gasteiger partial charge in [0.25, 0.3) is 11.8 Å². The van der Waals surface area contributed by atoms with Crippen LogP contribution in [0.25, 0.3) is 67.9 Å². The number of pyridine rings is 1. The van der Waals surface area contributed by atoms with Gasteiger partial charge < -0.3 is 28.7 Å². The molecule has 0 saturated carbocycles. The van der Waals surface area contributed by atoms with E-state index in [0.717, 1.165) is 38.9 Å². The van der Waals surface area contributed by atoms with Gasteiger partial charge in [-0.05, 0) is 96.8 Å². The van der Waals surface area contributed by atoms with Crippen LogP contribution in [0.15, 0.2) is 209 Å². The van der Waals surface area contributed by atoms with Crippen molar-refractivity contribution in [1.82, 2.24) is 40.0 Å². The topological polar surface area (TPSA) is 199 Å². The second-order valence-corrected chi connectivity index (χ2v) is 22.7. The number of hydrogen-bond acceptors (Lipinski definition) is 15. The summed E-state index contributed by atoms with van der Waals surface area (Å²) in [4.78, 5) is 72.0. The van der Waals surface area contributed by atoms with Crippen LogP contribution in [0.3, 0.4) is 0 Å². The van der Waals surface area contributed by atoms with E-state index >= 15 is 0 Å². The molecule has 2 fully saturated rings. The number of nitrogens with one attached hydrogen (secondary N) is 1. The zero-order chi connectivity index (χ0) is 63.3. The summed E-state index contributed by atoms with van der Waals surface area (Å²) >= 11 is 0. The number of likely N-dealkylation sites (tertiary alicyclic amines) is 2. The van der Waals surface area contributed by atoms with Crippen LogP contribution in [0.4, 0.5) is 14.6 Å². The van der Waals surface area contributed by atoms with Crippen LogP contribution < -0.4 is 5.32 Å². The fourth-order valence-electron chi connectivity index (χ4n) is 11.4. The number of aromatic nitrogens is 5. The molecule has 0 spiro atoms. The van der Waals surface area contributed by atoms with E-state index in [1.54, 1.807) is 69.7 Å². The second kappa shape index (κ2) is 28.4. The van der Waals surface area contributed by atoms with Gasteiger partial charge >= 0.3 is 11.9 Å². The molecule has 19 heteroatoms. The van der Waals surface area contributed by atoms with Crippen molar-refractivity contribution in [1.29, 1.82) is 0 Å². The maximum Gasteiger partial charge on any atom is 0.322 e. The van der Waals surface area contributed by atoms with Gasteiger partial charge in [0.05, 0.1) is 6.61 Å². The predicted octanol–water partition coefficient (Wildman–Crippen LogP) is 13.0. The van der Waals surface area contributed by atoms with Crippen LogP contribution in [0.2, 0.25) is 0 Å². The molecule has 462 valence electrons. The third-order valence-electron chi connectivity index (χ3n) is 16.5. The van der Waals surface area contributed by atoms with E-state index in [-0.39, 0.29) is 42.5 Å². The lowest BCUT2D eigenvalue weighted by Crippen LogP contribution is -2.53. The number of carbonyl (C=O) groups is 4. The highest BCUT2D eigenvalue weighted by atomic mass is 19.1. The first kappa shape index (κ1) is 62.2. The Labute approximate surface area is 525 Å². The molecule has 10 aromatic rings. The first-order valence-electron chi connectivity index (χ1n) is 30.1. The Kier molecular flexibility index (Phi) is 19.4. The van der Waals surface area contributed by atoms with E-state index in [9.17, 15) is 28.0 Å². The Bertz CT molecular complexity index is 4100. The van der Waals surface area contributed by atoms with Gasteiger partial charge in [-0.1, -0.05) is 168 Å². The summed E-state index contributed by atoms with van der Waals surface area (Å²) in [7, 11) is 3.34. The van der Waals surface area contributed by atoms with Crippen LogP contribution in [0, 0.1) is 22.5 Å². The van der Waals surface area contributed by atoms with Gasteiger partial charge in [-0.25, -0.2) is 13.8 Å². The first-order valence-corrected chi connectivity index (χ1v) is 30.1. The summed E-state index contributed by atoms with van der Waals surface area (Å²) in [5.74, 6) is -0.633. The molecule has 12 rings (SSSR count). The summed E-state index contributed by atoms with van der Waals surface area (Å²) in [5.41, 5.74) is 5.66. The van der Waals surface area contributed by atoms with Crippen molar-refractivity contribution in [2.75, 3.05) is 52.2 Å². The summed E-state index contributed by atoms with van der Waals surface area (Å²) < 4.78 is 51.7. The molecule has 2 aliphatic heterocycles. The molecule has 0 aliphatic carbocycles. The molecule has 0 bridgehead atoms. The van der Waals surface area contributed by atoms with Crippen LogP contribution in [0.1, 0.15) is 49.3 Å². The highest BCUT2D eigenvalue weighted by Gasteiger charge is 2.51. The average molecular weight is 1220 g/mol. The van der Waals surface area contributed by atoms with E-state index in [1.807, 2.05) is 140 Å². The fraction of sp³-hybridized carbons (Fsp3) is 0.236. The number of halogens is 2. The van der Waals surface area contributed by atoms with E-state index in [2.05, 4.69) is 40.4 Å². The van der Waals surface area contributed by atoms with Gasteiger partial charge in [0.2, 0.25) is 23.5 Å². The Morgan fingerprint density at radius 3 is 1.40 bits per heavy atom. The molecule has 0 unspecified atom stereocenters. The van der Waals surface area contributed by atoms with Gasteiger partial charge in [0.1, 0.15) is 34.9 Å². The van der Waals surface area contributed by atoms with E-state index in [4.69, 9.17) is 18.5 Å². The minimum Gasteiger partial charge on any atom is -0.465 e. The minimum absolute atomic E-state index is 0.0909. The van der Waals surface area contributed by atoms with Crippen molar-refractivity contribution in [3.8, 4) is 67.9 Å². The number of piperidine rings is 2. The molecule has 91 heavy (non-hydrogen) atoms. The minimum atomic E-state index is -1.34. The number of nitrogens with zero attached hydrogens (tertiary/aromatic N) is 8. The van der Waals surface area contributed by atoms with Crippen LogP contribution >= 0.6 is 0 Å². The Hall–Kier alpha value is -10.4. The standard InChI is InChI=1S/C40H34FN5O4.C32H33FN4O4/c41-34-25-32(18-19-33(34)30-11-5-2-6-12-30)37-44-36(45-50-37)31-16-14-28(15-17-31)26-46-23-20-40(21-24-46,38(47)43-35-13-7-8-22-42-35)39(48)49-27-29-9-3-1-4-10-29;1-4-40-31(39)32(30(38)36(2)3)16-18-37(19-17-32)21-22-10-12-24(13-11-22)28-34-29(41-35-28)25-14-15-26(27(33)20-25)23-8-6-5-7-9-23/h1-19,22,25H,20-21,23-24,26-27H2,(H,42,43,47);5-15,20H,4,16-19,21H2,1-3H3. The quantitative estimate of drug-likeness (QED) is 0.0628. The number of anilines is 1. The maximum absolute atomic E-state index is 15.0. The zero-order valence-electron chi connectivity index (χ0n) is 50.6. The molecule has 3 aromatic heterocycles. The van der Waals surface area contributed by atoms with E-state index in [1.165, 1.54) is 17.0 Å². The predicted molar refractivity (Wildman–Crippen MR) is 339 cm³/mol.